The van der Waals surface area contributed by atoms with Crippen LogP contribution in [-0.2, 0) is 16.0 Å². The first-order valence-electron chi connectivity index (χ1n) is 10.3. The monoisotopic (exact) mass is 447 g/mol. The lowest BCUT2D eigenvalue weighted by molar-refractivity contribution is -0.384. The molecule has 0 unspecified atom stereocenters. The quantitative estimate of drug-likeness (QED) is 0.417. The van der Waals surface area contributed by atoms with Crippen molar-refractivity contribution in [1.82, 2.24) is 0 Å². The Labute approximate surface area is 189 Å². The Bertz CT molecular complexity index is 1180. The van der Waals surface area contributed by atoms with E-state index in [9.17, 15) is 19.7 Å². The van der Waals surface area contributed by atoms with Crippen LogP contribution >= 0.6 is 0 Å². The lowest BCUT2D eigenvalue weighted by atomic mass is 10.2. The average Bonchev–Trinajstić information content (AvgIpc) is 2.82. The molecule has 9 nitrogen and oxygen atoms in total. The molecule has 0 spiro atoms. The standard InChI is InChI=1S/C24H21N3O6/c28-23(15-26-20-14-18(27(30)31)10-11-22(20)33-16-24(26)29)25-19-8-4-5-9-21(19)32-13-12-17-6-2-1-3-7-17/h1-11,14H,12-13,15-16H2,(H,25,28). The Balaban J connectivity index is 1.44. The van der Waals surface area contributed by atoms with Crippen molar-refractivity contribution in [2.75, 3.05) is 30.0 Å². The minimum Gasteiger partial charge on any atom is -0.491 e. The molecule has 33 heavy (non-hydrogen) atoms. The predicted molar refractivity (Wildman–Crippen MR) is 122 cm³/mol. The van der Waals surface area contributed by atoms with Crippen LogP contribution in [0.3, 0.4) is 0 Å². The molecule has 0 aliphatic carbocycles. The highest BCUT2D eigenvalue weighted by atomic mass is 16.6. The number of hydrogen-bond acceptors (Lipinski definition) is 6. The van der Waals surface area contributed by atoms with Crippen LogP contribution in [0, 0.1) is 10.1 Å². The fourth-order valence-electron chi connectivity index (χ4n) is 3.43. The van der Waals surface area contributed by atoms with Gasteiger partial charge in [-0.2, -0.15) is 0 Å². The summed E-state index contributed by atoms with van der Waals surface area (Å²) in [4.78, 5) is 36.9. The summed E-state index contributed by atoms with van der Waals surface area (Å²) in [6.07, 6.45) is 0.709. The summed E-state index contributed by atoms with van der Waals surface area (Å²) in [7, 11) is 0. The zero-order valence-corrected chi connectivity index (χ0v) is 17.6. The molecule has 0 radical (unpaired) electrons. The molecule has 3 aromatic rings. The number of rotatable bonds is 8. The van der Waals surface area contributed by atoms with Crippen molar-refractivity contribution in [3.8, 4) is 11.5 Å². The van der Waals surface area contributed by atoms with Gasteiger partial charge in [0.1, 0.15) is 18.0 Å². The first-order valence-corrected chi connectivity index (χ1v) is 10.3. The molecule has 0 bridgehead atoms. The number of nitro benzene ring substituents is 1. The van der Waals surface area contributed by atoms with E-state index in [1.807, 2.05) is 30.3 Å². The van der Waals surface area contributed by atoms with Crippen molar-refractivity contribution in [2.45, 2.75) is 6.42 Å². The molecule has 0 saturated heterocycles. The smallest absolute Gasteiger partial charge is 0.271 e. The summed E-state index contributed by atoms with van der Waals surface area (Å²) in [5.41, 5.74) is 1.59. The first-order chi connectivity index (χ1) is 16.0. The maximum atomic E-state index is 12.8. The molecular formula is C24H21N3O6. The highest BCUT2D eigenvalue weighted by molar-refractivity contribution is 6.05. The van der Waals surface area contributed by atoms with Crippen LogP contribution in [-0.4, -0.2) is 36.5 Å². The Morgan fingerprint density at radius 2 is 1.85 bits per heavy atom. The molecule has 1 aliphatic rings. The summed E-state index contributed by atoms with van der Waals surface area (Å²) in [5, 5.41) is 13.9. The third-order valence-electron chi connectivity index (χ3n) is 5.05. The van der Waals surface area contributed by atoms with Gasteiger partial charge in [0.2, 0.25) is 5.91 Å². The van der Waals surface area contributed by atoms with E-state index >= 15 is 0 Å². The van der Waals surface area contributed by atoms with E-state index in [2.05, 4.69) is 5.32 Å². The molecule has 1 heterocycles. The zero-order chi connectivity index (χ0) is 23.2. The van der Waals surface area contributed by atoms with Gasteiger partial charge in [-0.25, -0.2) is 0 Å². The van der Waals surface area contributed by atoms with Crippen LogP contribution in [0.25, 0.3) is 0 Å². The number of nitro groups is 1. The topological polar surface area (TPSA) is 111 Å². The number of non-ortho nitro benzene ring substituents is 1. The number of ether oxygens (including phenoxy) is 2. The number of benzene rings is 3. The van der Waals surface area contributed by atoms with Crippen LogP contribution in [0.5, 0.6) is 11.5 Å². The van der Waals surface area contributed by atoms with Gasteiger partial charge in [0, 0.05) is 18.6 Å². The lowest BCUT2D eigenvalue weighted by Gasteiger charge is -2.28. The molecule has 4 rings (SSSR count). The van der Waals surface area contributed by atoms with Gasteiger partial charge in [0.15, 0.2) is 6.61 Å². The molecule has 0 fully saturated rings. The molecule has 0 aromatic heterocycles. The molecule has 3 aromatic carbocycles. The number of nitrogens with zero attached hydrogens (tertiary/aromatic N) is 2. The van der Waals surface area contributed by atoms with Crippen LogP contribution < -0.4 is 19.7 Å². The molecule has 2 amide bonds. The van der Waals surface area contributed by atoms with Crippen LogP contribution in [0.15, 0.2) is 72.8 Å². The van der Waals surface area contributed by atoms with Gasteiger partial charge in [-0.3, -0.25) is 24.6 Å². The Morgan fingerprint density at radius 3 is 2.64 bits per heavy atom. The minimum absolute atomic E-state index is 0.183. The van der Waals surface area contributed by atoms with Gasteiger partial charge in [-0.15, -0.1) is 0 Å². The number of para-hydroxylation sites is 2. The van der Waals surface area contributed by atoms with Gasteiger partial charge < -0.3 is 14.8 Å². The molecule has 0 saturated carbocycles. The second kappa shape index (κ2) is 9.82. The van der Waals surface area contributed by atoms with E-state index in [1.165, 1.54) is 23.1 Å². The number of anilines is 2. The van der Waals surface area contributed by atoms with E-state index in [4.69, 9.17) is 9.47 Å². The van der Waals surface area contributed by atoms with Crippen LogP contribution in [0.1, 0.15) is 5.56 Å². The van der Waals surface area contributed by atoms with Crippen molar-refractivity contribution in [3.63, 3.8) is 0 Å². The van der Waals surface area contributed by atoms with Crippen molar-refractivity contribution in [2.24, 2.45) is 0 Å². The summed E-state index contributed by atoms with van der Waals surface area (Å²) < 4.78 is 11.2. The fourth-order valence-corrected chi connectivity index (χ4v) is 3.43. The summed E-state index contributed by atoms with van der Waals surface area (Å²) in [5.74, 6) is -0.129. The van der Waals surface area contributed by atoms with E-state index in [-0.39, 0.29) is 24.5 Å². The third-order valence-corrected chi connectivity index (χ3v) is 5.05. The lowest BCUT2D eigenvalue weighted by Crippen LogP contribution is -2.43. The number of hydrogen-bond donors (Lipinski definition) is 1. The third kappa shape index (κ3) is 5.27. The van der Waals surface area contributed by atoms with Gasteiger partial charge in [0.25, 0.3) is 11.6 Å². The molecule has 1 N–H and O–H groups in total. The highest BCUT2D eigenvalue weighted by Crippen LogP contribution is 2.35. The highest BCUT2D eigenvalue weighted by Gasteiger charge is 2.29. The maximum absolute atomic E-state index is 12.8. The normalized spacial score (nSPS) is 12.5. The van der Waals surface area contributed by atoms with E-state index in [1.54, 1.807) is 24.3 Å². The SMILES string of the molecule is O=C(CN1C(=O)COc2ccc([N+](=O)[O-])cc21)Nc1ccccc1OCCc1ccccc1. The van der Waals surface area contributed by atoms with Crippen molar-refractivity contribution >= 4 is 28.9 Å². The maximum Gasteiger partial charge on any atom is 0.271 e. The largest absolute Gasteiger partial charge is 0.491 e. The number of carbonyl (C=O) groups excluding carboxylic acids is 2. The van der Waals surface area contributed by atoms with Crippen LogP contribution in [0.2, 0.25) is 0 Å². The van der Waals surface area contributed by atoms with Crippen molar-refractivity contribution in [1.29, 1.82) is 0 Å². The molecule has 1 aliphatic heterocycles. The summed E-state index contributed by atoms with van der Waals surface area (Å²) in [6.45, 7) is -0.151. The summed E-state index contributed by atoms with van der Waals surface area (Å²) >= 11 is 0. The number of nitrogens with one attached hydrogen (secondary N) is 1. The fraction of sp³-hybridized carbons (Fsp3) is 0.167. The molecule has 0 atom stereocenters. The van der Waals surface area contributed by atoms with Gasteiger partial charge in [0.05, 0.1) is 22.9 Å². The molecule has 168 valence electrons. The van der Waals surface area contributed by atoms with Crippen molar-refractivity contribution in [3.05, 3.63) is 88.5 Å². The number of carbonyl (C=O) groups is 2. The van der Waals surface area contributed by atoms with Crippen LogP contribution in [0.4, 0.5) is 17.1 Å². The molecule has 9 heteroatoms. The first kappa shape index (κ1) is 21.8. The zero-order valence-electron chi connectivity index (χ0n) is 17.6. The van der Waals surface area contributed by atoms with Gasteiger partial charge >= 0.3 is 0 Å². The second-order valence-electron chi connectivity index (χ2n) is 7.31. The van der Waals surface area contributed by atoms with Crippen molar-refractivity contribution < 1.29 is 24.0 Å². The average molecular weight is 447 g/mol. The summed E-state index contributed by atoms with van der Waals surface area (Å²) in [6, 6.07) is 20.8. The van der Waals surface area contributed by atoms with Gasteiger partial charge in [-0.1, -0.05) is 42.5 Å². The minimum atomic E-state index is -0.569. The van der Waals surface area contributed by atoms with E-state index in [0.29, 0.717) is 30.2 Å². The van der Waals surface area contributed by atoms with E-state index < -0.39 is 16.7 Å². The Kier molecular flexibility index (Phi) is 6.49. The predicted octanol–water partition coefficient (Wildman–Crippen LogP) is 3.58. The second-order valence-corrected chi connectivity index (χ2v) is 7.31. The Hall–Kier alpha value is -4.40. The Morgan fingerprint density at radius 1 is 1.09 bits per heavy atom. The van der Waals surface area contributed by atoms with Gasteiger partial charge in [-0.05, 0) is 23.8 Å². The number of amides is 2. The number of fused-ring (bicyclic) bond motifs is 1. The molecular weight excluding hydrogens is 426 g/mol. The van der Waals surface area contributed by atoms with E-state index in [0.717, 1.165) is 5.56 Å².